The second kappa shape index (κ2) is 6.20. The van der Waals surface area contributed by atoms with Gasteiger partial charge in [-0.15, -0.1) is 0 Å². The second-order valence-electron chi connectivity index (χ2n) is 5.85. The van der Waals surface area contributed by atoms with Gasteiger partial charge in [0.15, 0.2) is 11.3 Å². The Morgan fingerprint density at radius 3 is 2.65 bits per heavy atom. The van der Waals surface area contributed by atoms with Crippen molar-refractivity contribution in [2.45, 2.75) is 6.92 Å². The van der Waals surface area contributed by atoms with Gasteiger partial charge >= 0.3 is 0 Å². The number of furan rings is 2. The minimum absolute atomic E-state index is 0.0123. The Morgan fingerprint density at radius 2 is 1.96 bits per heavy atom. The van der Waals surface area contributed by atoms with Crippen molar-refractivity contribution in [3.8, 4) is 16.9 Å². The van der Waals surface area contributed by atoms with E-state index in [0.717, 1.165) is 5.69 Å². The minimum Gasteiger partial charge on any atom is -0.504 e. The molecule has 2 N–H and O–H groups in total. The Labute approximate surface area is 158 Å². The van der Waals surface area contributed by atoms with Crippen LogP contribution in [0.1, 0.15) is 16.1 Å². The monoisotopic (exact) mass is 386 g/mol. The van der Waals surface area contributed by atoms with Crippen LogP contribution in [0.5, 0.6) is 5.75 Å². The number of phenols is 1. The highest BCUT2D eigenvalue weighted by atomic mass is 35.5. The molecule has 0 aliphatic heterocycles. The van der Waals surface area contributed by atoms with E-state index in [1.165, 1.54) is 6.07 Å². The molecule has 4 rings (SSSR count). The van der Waals surface area contributed by atoms with Crippen LogP contribution < -0.4 is 5.32 Å². The molecule has 0 saturated heterocycles. The number of aromatic hydroxyl groups is 1. The Morgan fingerprint density at radius 1 is 1.15 bits per heavy atom. The summed E-state index contributed by atoms with van der Waals surface area (Å²) < 4.78 is 5.58. The number of aryl methyl sites for hydroxylation is 1. The third-order valence-corrected chi connectivity index (χ3v) is 4.78. The molecule has 2 bridgehead atoms. The van der Waals surface area contributed by atoms with E-state index in [4.69, 9.17) is 27.6 Å². The zero-order chi connectivity index (χ0) is 18.4. The Kier molecular flexibility index (Phi) is 3.98. The number of hydrogen-bond donors (Lipinski definition) is 2. The summed E-state index contributed by atoms with van der Waals surface area (Å²) in [5, 5.41) is 13.5. The number of aromatic nitrogens is 1. The molecular weight excluding hydrogens is 375 g/mol. The number of nitrogens with zero attached hydrogens (tertiary/aromatic N) is 1. The van der Waals surface area contributed by atoms with Crippen LogP contribution in [0.15, 0.2) is 47.0 Å². The summed E-state index contributed by atoms with van der Waals surface area (Å²) in [6.07, 6.45) is 1.64. The molecule has 26 heavy (non-hydrogen) atoms. The second-order valence-corrected chi connectivity index (χ2v) is 6.66. The first kappa shape index (κ1) is 16.7. The van der Waals surface area contributed by atoms with Gasteiger partial charge in [0.25, 0.3) is 5.91 Å². The lowest BCUT2D eigenvalue weighted by Crippen LogP contribution is -2.12. The summed E-state index contributed by atoms with van der Waals surface area (Å²) in [7, 11) is 0. The molecule has 0 fully saturated rings. The van der Waals surface area contributed by atoms with Crippen LogP contribution >= 0.6 is 23.2 Å². The van der Waals surface area contributed by atoms with Gasteiger partial charge in [-0.2, -0.15) is 0 Å². The molecule has 0 saturated carbocycles. The predicted molar refractivity (Wildman–Crippen MR) is 101 cm³/mol. The topological polar surface area (TPSA) is 75.4 Å². The van der Waals surface area contributed by atoms with E-state index in [9.17, 15) is 9.90 Å². The van der Waals surface area contributed by atoms with Crippen LogP contribution in [0.3, 0.4) is 0 Å². The van der Waals surface area contributed by atoms with Gasteiger partial charge in [-0.3, -0.25) is 9.78 Å². The number of carbonyl (C=O) groups is 1. The SMILES string of the molecule is Cc1ccc(-c2c(C(=O)Nc3ccc(Cl)c(Cl)c3)c3cc(O)c2o3)cn1. The van der Waals surface area contributed by atoms with Crippen LogP contribution in [-0.2, 0) is 0 Å². The average Bonchev–Trinajstić information content (AvgIpc) is 3.16. The number of fused-ring (bicyclic) bond motifs is 2. The van der Waals surface area contributed by atoms with Gasteiger partial charge in [-0.25, -0.2) is 0 Å². The highest BCUT2D eigenvalue weighted by Gasteiger charge is 2.27. The first-order valence-corrected chi connectivity index (χ1v) is 8.47. The standard InChI is InChI=1S/C19H12Cl2N2O3/c1-9-2-3-10(8-22-9)16-17(15-7-14(24)18(16)26-15)19(25)23-11-4-5-12(20)13(21)6-11/h2-8,24H,1H3,(H,23,25). The summed E-state index contributed by atoms with van der Waals surface area (Å²) in [5.41, 5.74) is 3.41. The fourth-order valence-corrected chi connectivity index (χ4v) is 3.10. The molecule has 0 aliphatic rings. The number of carbonyl (C=O) groups excluding carboxylic acids is 1. The van der Waals surface area contributed by atoms with Gasteiger partial charge in [0.2, 0.25) is 0 Å². The van der Waals surface area contributed by atoms with Crippen LogP contribution in [-0.4, -0.2) is 16.0 Å². The zero-order valence-corrected chi connectivity index (χ0v) is 15.0. The molecule has 3 aromatic heterocycles. The van der Waals surface area contributed by atoms with Crippen molar-refractivity contribution < 1.29 is 14.3 Å². The number of hydrogen-bond acceptors (Lipinski definition) is 4. The van der Waals surface area contributed by atoms with Gasteiger partial charge in [-0.05, 0) is 31.2 Å². The third kappa shape index (κ3) is 2.75. The van der Waals surface area contributed by atoms with Gasteiger partial charge in [0.1, 0.15) is 5.58 Å². The molecule has 130 valence electrons. The van der Waals surface area contributed by atoms with Crippen molar-refractivity contribution in [1.82, 2.24) is 4.98 Å². The molecule has 7 heteroatoms. The normalized spacial score (nSPS) is 11.2. The summed E-state index contributed by atoms with van der Waals surface area (Å²) in [4.78, 5) is 17.1. The van der Waals surface area contributed by atoms with Crippen LogP contribution in [0, 0.1) is 6.92 Å². The summed E-state index contributed by atoms with van der Waals surface area (Å²) in [5.74, 6) is -0.394. The number of amides is 1. The van der Waals surface area contributed by atoms with Crippen LogP contribution in [0.2, 0.25) is 10.0 Å². The van der Waals surface area contributed by atoms with Gasteiger partial charge < -0.3 is 14.8 Å². The molecular formula is C19H12Cl2N2O3. The summed E-state index contributed by atoms with van der Waals surface area (Å²) in [6.45, 7) is 1.87. The van der Waals surface area contributed by atoms with E-state index in [2.05, 4.69) is 10.3 Å². The number of nitrogens with one attached hydrogen (secondary N) is 1. The lowest BCUT2D eigenvalue weighted by molar-refractivity contribution is 0.102. The van der Waals surface area contributed by atoms with E-state index in [1.54, 1.807) is 24.4 Å². The first-order chi connectivity index (χ1) is 12.4. The zero-order valence-electron chi connectivity index (χ0n) is 13.5. The van der Waals surface area contributed by atoms with Crippen molar-refractivity contribution in [2.24, 2.45) is 0 Å². The Bertz CT molecular complexity index is 1120. The first-order valence-electron chi connectivity index (χ1n) is 7.71. The van der Waals surface area contributed by atoms with Crippen molar-refractivity contribution in [3.05, 3.63) is 63.9 Å². The van der Waals surface area contributed by atoms with E-state index in [-0.39, 0.29) is 17.2 Å². The maximum Gasteiger partial charge on any atom is 0.260 e. The number of pyridine rings is 1. The van der Waals surface area contributed by atoms with Gasteiger partial charge in [0, 0.05) is 34.8 Å². The lowest BCUT2D eigenvalue weighted by atomic mass is 9.99. The molecule has 0 spiro atoms. The van der Waals surface area contributed by atoms with E-state index in [0.29, 0.717) is 38.0 Å². The molecule has 1 aromatic carbocycles. The molecule has 1 amide bonds. The van der Waals surface area contributed by atoms with Gasteiger partial charge in [0.05, 0.1) is 15.6 Å². The van der Waals surface area contributed by atoms with Crippen LogP contribution in [0.4, 0.5) is 5.69 Å². The molecule has 3 heterocycles. The van der Waals surface area contributed by atoms with E-state index in [1.807, 2.05) is 19.1 Å². The molecule has 0 unspecified atom stereocenters. The number of anilines is 1. The summed E-state index contributed by atoms with van der Waals surface area (Å²) >= 11 is 11.9. The Hall–Kier alpha value is -2.76. The van der Waals surface area contributed by atoms with E-state index < -0.39 is 0 Å². The highest BCUT2D eigenvalue weighted by Crippen LogP contribution is 2.43. The molecule has 0 radical (unpaired) electrons. The number of benzene rings is 2. The molecule has 0 atom stereocenters. The number of halogens is 2. The largest absolute Gasteiger partial charge is 0.504 e. The smallest absolute Gasteiger partial charge is 0.260 e. The van der Waals surface area contributed by atoms with Crippen molar-refractivity contribution >= 4 is 46.0 Å². The highest BCUT2D eigenvalue weighted by molar-refractivity contribution is 6.42. The predicted octanol–water partition coefficient (Wildman–Crippen LogP) is 5.51. The molecule has 5 nitrogen and oxygen atoms in total. The van der Waals surface area contributed by atoms with Crippen molar-refractivity contribution in [1.29, 1.82) is 0 Å². The maximum atomic E-state index is 12.9. The number of rotatable bonds is 3. The molecule has 4 aromatic rings. The average molecular weight is 387 g/mol. The Balaban J connectivity index is 1.78. The van der Waals surface area contributed by atoms with Gasteiger partial charge in [-0.1, -0.05) is 29.3 Å². The summed E-state index contributed by atoms with van der Waals surface area (Å²) in [6, 6.07) is 9.89. The maximum absolute atomic E-state index is 12.9. The number of phenolic OH excluding ortho intramolecular Hbond substituents is 1. The fourth-order valence-electron chi connectivity index (χ4n) is 2.80. The van der Waals surface area contributed by atoms with E-state index >= 15 is 0 Å². The van der Waals surface area contributed by atoms with Crippen molar-refractivity contribution in [3.63, 3.8) is 0 Å². The van der Waals surface area contributed by atoms with Crippen molar-refractivity contribution in [2.75, 3.05) is 5.32 Å². The third-order valence-electron chi connectivity index (χ3n) is 4.04. The quantitative estimate of drug-likeness (QED) is 0.486. The van der Waals surface area contributed by atoms with Crippen LogP contribution in [0.25, 0.3) is 22.3 Å². The molecule has 0 aliphatic carbocycles. The minimum atomic E-state index is -0.382. The fraction of sp³-hybridized carbons (Fsp3) is 0.0526. The lowest BCUT2D eigenvalue weighted by Gasteiger charge is -2.09.